The summed E-state index contributed by atoms with van der Waals surface area (Å²) in [6.07, 6.45) is 0. The molecular formula is C28H34N4O4. The van der Waals surface area contributed by atoms with Crippen molar-refractivity contribution in [1.29, 1.82) is 0 Å². The number of hydrogen-bond acceptors (Lipinski definition) is 4. The van der Waals surface area contributed by atoms with Crippen molar-refractivity contribution in [2.45, 2.75) is 46.2 Å². The molecule has 0 saturated carbocycles. The average molecular weight is 491 g/mol. The number of carbonyl (C=O) groups is 3. The number of likely N-dealkylation sites (N-methyl/N-ethyl adjacent to an activating group) is 1. The number of urea groups is 1. The minimum absolute atomic E-state index is 0.189. The normalized spacial score (nSPS) is 17.9. The van der Waals surface area contributed by atoms with E-state index in [1.165, 1.54) is 0 Å². The SMILES string of the molecule is CCN1C(=O)N[C@H](c2cccc(Oc3ccccc3)c2)C2=C1CN(C(C)(C)C(=O)NCC(C)C)C2=O. The lowest BCUT2D eigenvalue weighted by Crippen LogP contribution is -2.56. The van der Waals surface area contributed by atoms with Crippen LogP contribution < -0.4 is 15.4 Å². The number of benzene rings is 2. The number of amides is 4. The zero-order chi connectivity index (χ0) is 26.0. The molecule has 0 radical (unpaired) electrons. The highest BCUT2D eigenvalue weighted by molar-refractivity contribution is 6.04. The molecule has 36 heavy (non-hydrogen) atoms. The van der Waals surface area contributed by atoms with Gasteiger partial charge >= 0.3 is 6.03 Å². The van der Waals surface area contributed by atoms with Crippen molar-refractivity contribution in [3.63, 3.8) is 0 Å². The van der Waals surface area contributed by atoms with Gasteiger partial charge in [-0.1, -0.05) is 44.2 Å². The van der Waals surface area contributed by atoms with E-state index < -0.39 is 11.6 Å². The van der Waals surface area contributed by atoms with Gasteiger partial charge in [-0.3, -0.25) is 14.5 Å². The van der Waals surface area contributed by atoms with E-state index in [0.29, 0.717) is 35.9 Å². The second-order valence-corrected chi connectivity index (χ2v) is 10.0. The summed E-state index contributed by atoms with van der Waals surface area (Å²) < 4.78 is 5.98. The van der Waals surface area contributed by atoms with E-state index in [2.05, 4.69) is 10.6 Å². The molecule has 2 aromatic carbocycles. The summed E-state index contributed by atoms with van der Waals surface area (Å²) >= 11 is 0. The van der Waals surface area contributed by atoms with E-state index in [0.717, 1.165) is 5.56 Å². The van der Waals surface area contributed by atoms with Crippen molar-refractivity contribution in [2.24, 2.45) is 5.92 Å². The van der Waals surface area contributed by atoms with Crippen LogP contribution in [0, 0.1) is 5.92 Å². The zero-order valence-electron chi connectivity index (χ0n) is 21.5. The zero-order valence-corrected chi connectivity index (χ0v) is 21.5. The smallest absolute Gasteiger partial charge is 0.322 e. The highest BCUT2D eigenvalue weighted by Gasteiger charge is 2.49. The number of para-hydroxylation sites is 1. The third-order valence-corrected chi connectivity index (χ3v) is 6.61. The summed E-state index contributed by atoms with van der Waals surface area (Å²) in [7, 11) is 0. The Bertz CT molecular complexity index is 1190. The second-order valence-electron chi connectivity index (χ2n) is 10.0. The summed E-state index contributed by atoms with van der Waals surface area (Å²) in [5.41, 5.74) is 0.764. The third kappa shape index (κ3) is 4.80. The maximum Gasteiger partial charge on any atom is 0.322 e. The van der Waals surface area contributed by atoms with E-state index in [-0.39, 0.29) is 30.3 Å². The van der Waals surface area contributed by atoms with Crippen LogP contribution in [0.5, 0.6) is 11.5 Å². The molecule has 1 atom stereocenters. The molecule has 0 aliphatic carbocycles. The molecular weight excluding hydrogens is 456 g/mol. The predicted octanol–water partition coefficient (Wildman–Crippen LogP) is 4.21. The minimum Gasteiger partial charge on any atom is -0.457 e. The number of carbonyl (C=O) groups excluding carboxylic acids is 3. The molecule has 0 saturated heterocycles. The summed E-state index contributed by atoms with van der Waals surface area (Å²) in [6.45, 7) is 10.5. The quantitative estimate of drug-likeness (QED) is 0.580. The first-order chi connectivity index (χ1) is 17.1. The van der Waals surface area contributed by atoms with E-state index in [4.69, 9.17) is 4.74 Å². The van der Waals surface area contributed by atoms with Crippen LogP contribution in [-0.2, 0) is 9.59 Å². The van der Waals surface area contributed by atoms with Crippen LogP contribution in [0.1, 0.15) is 46.2 Å². The Balaban J connectivity index is 1.66. The van der Waals surface area contributed by atoms with Crippen LogP contribution in [0.15, 0.2) is 65.9 Å². The molecule has 0 spiro atoms. The fourth-order valence-corrected chi connectivity index (χ4v) is 4.55. The molecule has 190 valence electrons. The maximum absolute atomic E-state index is 13.8. The molecule has 4 amide bonds. The van der Waals surface area contributed by atoms with Gasteiger partial charge in [0.05, 0.1) is 23.9 Å². The van der Waals surface area contributed by atoms with Gasteiger partial charge in [0.1, 0.15) is 17.0 Å². The highest BCUT2D eigenvalue weighted by Crippen LogP contribution is 2.39. The maximum atomic E-state index is 13.8. The topological polar surface area (TPSA) is 91.0 Å². The predicted molar refractivity (Wildman–Crippen MR) is 137 cm³/mol. The van der Waals surface area contributed by atoms with E-state index >= 15 is 0 Å². The largest absolute Gasteiger partial charge is 0.457 e. The third-order valence-electron chi connectivity index (χ3n) is 6.61. The Morgan fingerprint density at radius 3 is 2.47 bits per heavy atom. The van der Waals surface area contributed by atoms with Gasteiger partial charge in [-0.15, -0.1) is 0 Å². The van der Waals surface area contributed by atoms with E-state index in [1.54, 1.807) is 23.6 Å². The fraction of sp³-hybridized carbons (Fsp3) is 0.393. The Morgan fingerprint density at radius 2 is 1.81 bits per heavy atom. The van der Waals surface area contributed by atoms with Crippen LogP contribution in [0.25, 0.3) is 0 Å². The standard InChI is InChI=1S/C28H34N4O4/c1-6-31-22-17-32(28(4,5)26(34)29-16-18(2)3)25(33)23(22)24(30-27(31)35)19-11-10-14-21(15-19)36-20-12-8-7-9-13-20/h7-15,18,24H,6,16-17H2,1-5H3,(H,29,34)(H,30,35)/t24-/m1/s1. The summed E-state index contributed by atoms with van der Waals surface area (Å²) in [5, 5.41) is 5.94. The summed E-state index contributed by atoms with van der Waals surface area (Å²) in [4.78, 5) is 43.1. The lowest BCUT2D eigenvalue weighted by Gasteiger charge is -2.35. The molecule has 2 aliphatic heterocycles. The number of hydrogen-bond donors (Lipinski definition) is 2. The Morgan fingerprint density at radius 1 is 1.11 bits per heavy atom. The van der Waals surface area contributed by atoms with Gasteiger partial charge in [0, 0.05) is 13.1 Å². The molecule has 4 rings (SSSR count). The Kier molecular flexibility index (Phi) is 7.06. The van der Waals surface area contributed by atoms with Gasteiger partial charge in [-0.2, -0.15) is 0 Å². The first kappa shape index (κ1) is 25.3. The van der Waals surface area contributed by atoms with E-state index in [1.807, 2.05) is 75.4 Å². The van der Waals surface area contributed by atoms with E-state index in [9.17, 15) is 14.4 Å². The van der Waals surface area contributed by atoms with Crippen LogP contribution in [-0.4, -0.2) is 52.8 Å². The molecule has 2 aliphatic rings. The van der Waals surface area contributed by atoms with Crippen molar-refractivity contribution in [1.82, 2.24) is 20.4 Å². The van der Waals surface area contributed by atoms with Crippen molar-refractivity contribution in [3.05, 3.63) is 71.4 Å². The van der Waals surface area contributed by atoms with Crippen LogP contribution in [0.3, 0.4) is 0 Å². The number of ether oxygens (including phenoxy) is 1. The Hall–Kier alpha value is -3.81. The van der Waals surface area contributed by atoms with Gasteiger partial charge in [0.15, 0.2) is 0 Å². The molecule has 8 nitrogen and oxygen atoms in total. The Labute approximate surface area is 212 Å². The minimum atomic E-state index is -1.09. The molecule has 0 aromatic heterocycles. The monoisotopic (exact) mass is 490 g/mol. The molecule has 2 heterocycles. The molecule has 0 unspecified atom stereocenters. The number of nitrogens with one attached hydrogen (secondary N) is 2. The van der Waals surface area contributed by atoms with Crippen LogP contribution >= 0.6 is 0 Å². The summed E-state index contributed by atoms with van der Waals surface area (Å²) in [5.74, 6) is 1.10. The van der Waals surface area contributed by atoms with Crippen molar-refractivity contribution < 1.29 is 19.1 Å². The molecule has 0 fully saturated rings. The number of rotatable bonds is 8. The highest BCUT2D eigenvalue weighted by atomic mass is 16.5. The lowest BCUT2D eigenvalue weighted by atomic mass is 9.95. The average Bonchev–Trinajstić information content (AvgIpc) is 3.20. The molecule has 2 N–H and O–H groups in total. The second kappa shape index (κ2) is 10.0. The van der Waals surface area contributed by atoms with Crippen molar-refractivity contribution >= 4 is 17.8 Å². The summed E-state index contributed by atoms with van der Waals surface area (Å²) in [6, 6.07) is 15.9. The lowest BCUT2D eigenvalue weighted by molar-refractivity contribution is -0.141. The van der Waals surface area contributed by atoms with Gasteiger partial charge < -0.3 is 20.3 Å². The fourth-order valence-electron chi connectivity index (χ4n) is 4.55. The molecule has 8 heteroatoms. The van der Waals surface area contributed by atoms with Gasteiger partial charge in [0.2, 0.25) is 5.91 Å². The number of nitrogens with zero attached hydrogens (tertiary/aromatic N) is 2. The van der Waals surface area contributed by atoms with Gasteiger partial charge in [-0.05, 0) is 56.5 Å². The van der Waals surface area contributed by atoms with Crippen molar-refractivity contribution in [3.8, 4) is 11.5 Å². The molecule has 2 aromatic rings. The van der Waals surface area contributed by atoms with Crippen LogP contribution in [0.4, 0.5) is 4.79 Å². The molecule has 0 bridgehead atoms. The van der Waals surface area contributed by atoms with Crippen molar-refractivity contribution in [2.75, 3.05) is 19.6 Å². The first-order valence-electron chi connectivity index (χ1n) is 12.4. The van der Waals surface area contributed by atoms with Gasteiger partial charge in [0.25, 0.3) is 5.91 Å². The first-order valence-corrected chi connectivity index (χ1v) is 12.4. The van der Waals surface area contributed by atoms with Gasteiger partial charge in [-0.25, -0.2) is 4.79 Å². The van der Waals surface area contributed by atoms with Crippen LogP contribution in [0.2, 0.25) is 0 Å².